The van der Waals surface area contributed by atoms with Gasteiger partial charge in [0.1, 0.15) is 4.47 Å². The van der Waals surface area contributed by atoms with E-state index in [9.17, 15) is 4.79 Å². The Morgan fingerprint density at radius 2 is 1.95 bits per heavy atom. The zero-order valence-electron chi connectivity index (χ0n) is 11.9. The van der Waals surface area contributed by atoms with Crippen LogP contribution < -0.4 is 5.56 Å². The summed E-state index contributed by atoms with van der Waals surface area (Å²) in [6.07, 6.45) is 4.86. The van der Waals surface area contributed by atoms with Crippen molar-refractivity contribution >= 4 is 15.9 Å². The van der Waals surface area contributed by atoms with E-state index in [0.29, 0.717) is 10.4 Å². The van der Waals surface area contributed by atoms with Crippen LogP contribution in [0.15, 0.2) is 27.5 Å². The zero-order chi connectivity index (χ0) is 14.3. The summed E-state index contributed by atoms with van der Waals surface area (Å²) in [4.78, 5) is 12.5. The molecule has 106 valence electrons. The van der Waals surface area contributed by atoms with Crippen LogP contribution in [-0.4, -0.2) is 9.78 Å². The lowest BCUT2D eigenvalue weighted by Gasteiger charge is -2.09. The van der Waals surface area contributed by atoms with E-state index in [0.717, 1.165) is 22.5 Å². The van der Waals surface area contributed by atoms with Crippen LogP contribution in [0.2, 0.25) is 0 Å². The van der Waals surface area contributed by atoms with Crippen LogP contribution in [0.1, 0.15) is 48.4 Å². The van der Waals surface area contributed by atoms with E-state index in [4.69, 9.17) is 0 Å². The van der Waals surface area contributed by atoms with Crippen molar-refractivity contribution in [1.82, 2.24) is 9.78 Å². The molecular weight excluding hydrogens is 316 g/mol. The Hall–Kier alpha value is -1.29. The molecule has 0 aliphatic heterocycles. The number of halogens is 1. The van der Waals surface area contributed by atoms with Gasteiger partial charge in [-0.2, -0.15) is 0 Å². The summed E-state index contributed by atoms with van der Waals surface area (Å²) in [7, 11) is 0. The average molecular weight is 335 g/mol. The molecule has 0 unspecified atom stereocenters. The van der Waals surface area contributed by atoms with Gasteiger partial charge in [0.25, 0.3) is 5.56 Å². The van der Waals surface area contributed by atoms with Gasteiger partial charge in [-0.25, -0.2) is 4.68 Å². The lowest BCUT2D eigenvalue weighted by atomic mass is 10.1. The van der Waals surface area contributed by atoms with E-state index in [2.05, 4.69) is 39.2 Å². The van der Waals surface area contributed by atoms with Gasteiger partial charge in [-0.3, -0.25) is 9.89 Å². The van der Waals surface area contributed by atoms with Gasteiger partial charge in [-0.1, -0.05) is 25.0 Å². The third-order valence-electron chi connectivity index (χ3n) is 4.23. The summed E-state index contributed by atoms with van der Waals surface area (Å²) in [5, 5.41) is 3.33. The predicted octanol–water partition coefficient (Wildman–Crippen LogP) is 4.20. The van der Waals surface area contributed by atoms with Gasteiger partial charge >= 0.3 is 0 Å². The second-order valence-electron chi connectivity index (χ2n) is 5.75. The van der Waals surface area contributed by atoms with Gasteiger partial charge in [0.15, 0.2) is 0 Å². The second-order valence-corrected chi connectivity index (χ2v) is 6.54. The smallest absolute Gasteiger partial charge is 0.285 e. The van der Waals surface area contributed by atoms with Gasteiger partial charge in [0.05, 0.1) is 11.4 Å². The van der Waals surface area contributed by atoms with E-state index in [1.165, 1.54) is 25.7 Å². The van der Waals surface area contributed by atoms with Crippen LogP contribution in [0, 0.1) is 13.8 Å². The number of hydrogen-bond donors (Lipinski definition) is 1. The number of rotatable bonds is 2. The molecule has 20 heavy (non-hydrogen) atoms. The molecule has 1 N–H and O–H groups in total. The van der Waals surface area contributed by atoms with Crippen LogP contribution in [0.5, 0.6) is 0 Å². The van der Waals surface area contributed by atoms with Crippen molar-refractivity contribution in [1.29, 1.82) is 0 Å². The minimum absolute atomic E-state index is 0.0144. The average Bonchev–Trinajstić information content (AvgIpc) is 3.04. The number of aromatic amines is 1. The van der Waals surface area contributed by atoms with E-state index in [1.807, 2.05) is 13.8 Å². The Morgan fingerprint density at radius 3 is 2.65 bits per heavy atom. The molecule has 0 bridgehead atoms. The van der Waals surface area contributed by atoms with E-state index < -0.39 is 0 Å². The lowest BCUT2D eigenvalue weighted by Crippen LogP contribution is -2.15. The normalized spacial score (nSPS) is 15.9. The first-order valence-corrected chi connectivity index (χ1v) is 7.95. The predicted molar refractivity (Wildman–Crippen MR) is 84.8 cm³/mol. The van der Waals surface area contributed by atoms with Crippen LogP contribution in [0.4, 0.5) is 0 Å². The summed E-state index contributed by atoms with van der Waals surface area (Å²) >= 11 is 3.49. The molecule has 1 aromatic heterocycles. The number of benzene rings is 1. The SMILES string of the molecule is Cc1ccc(C)c(-n2[nH]c(C3CCCC3)c(Br)c2=O)c1. The molecule has 3 rings (SSSR count). The van der Waals surface area contributed by atoms with Crippen LogP contribution in [0.25, 0.3) is 5.69 Å². The molecule has 0 spiro atoms. The number of H-pyrrole nitrogens is 1. The topological polar surface area (TPSA) is 37.8 Å². The highest BCUT2D eigenvalue weighted by molar-refractivity contribution is 9.10. The number of nitrogens with one attached hydrogen (secondary N) is 1. The fraction of sp³-hybridized carbons (Fsp3) is 0.438. The third kappa shape index (κ3) is 2.26. The maximum atomic E-state index is 12.5. The van der Waals surface area contributed by atoms with Gasteiger partial charge < -0.3 is 0 Å². The summed E-state index contributed by atoms with van der Waals surface area (Å²) in [5.41, 5.74) is 4.28. The second kappa shape index (κ2) is 5.24. The van der Waals surface area contributed by atoms with Crippen LogP contribution in [0.3, 0.4) is 0 Å². The van der Waals surface area contributed by atoms with Gasteiger partial charge in [-0.05, 0) is 59.8 Å². The van der Waals surface area contributed by atoms with Crippen molar-refractivity contribution in [3.63, 3.8) is 0 Å². The molecule has 0 radical (unpaired) electrons. The minimum Gasteiger partial charge on any atom is -0.294 e. The van der Waals surface area contributed by atoms with Crippen molar-refractivity contribution in [3.8, 4) is 5.69 Å². The highest BCUT2D eigenvalue weighted by Gasteiger charge is 2.24. The molecule has 1 aliphatic rings. The van der Waals surface area contributed by atoms with E-state index in [-0.39, 0.29) is 5.56 Å². The van der Waals surface area contributed by atoms with Crippen molar-refractivity contribution in [2.45, 2.75) is 45.4 Å². The summed E-state index contributed by atoms with van der Waals surface area (Å²) in [6, 6.07) is 6.18. The fourth-order valence-corrected chi connectivity index (χ4v) is 3.64. The Kier molecular flexibility index (Phi) is 3.59. The third-order valence-corrected chi connectivity index (χ3v) is 4.99. The van der Waals surface area contributed by atoms with E-state index >= 15 is 0 Å². The minimum atomic E-state index is 0.0144. The summed E-state index contributed by atoms with van der Waals surface area (Å²) in [6.45, 7) is 4.08. The number of hydrogen-bond acceptors (Lipinski definition) is 1. The molecule has 1 heterocycles. The monoisotopic (exact) mass is 334 g/mol. The molecule has 3 nitrogen and oxygen atoms in total. The number of aryl methyl sites for hydroxylation is 2. The van der Waals surface area contributed by atoms with Crippen LogP contribution >= 0.6 is 15.9 Å². The first-order chi connectivity index (χ1) is 9.58. The van der Waals surface area contributed by atoms with Gasteiger partial charge in [0.2, 0.25) is 0 Å². The molecule has 0 saturated heterocycles. The standard InChI is InChI=1S/C16H19BrN2O/c1-10-7-8-11(2)13(9-10)19-16(20)14(17)15(18-19)12-5-3-4-6-12/h7-9,12,18H,3-6H2,1-2H3. The summed E-state index contributed by atoms with van der Waals surface area (Å²) in [5.74, 6) is 0.489. The van der Waals surface area contributed by atoms with Crippen LogP contribution in [-0.2, 0) is 0 Å². The Bertz CT molecular complexity index is 693. The fourth-order valence-electron chi connectivity index (χ4n) is 3.05. The molecule has 0 amide bonds. The van der Waals surface area contributed by atoms with Gasteiger partial charge in [0, 0.05) is 5.92 Å². The molecule has 1 fully saturated rings. The Morgan fingerprint density at radius 1 is 1.25 bits per heavy atom. The number of nitrogens with zero attached hydrogens (tertiary/aromatic N) is 1. The first kappa shape index (κ1) is 13.7. The quantitative estimate of drug-likeness (QED) is 0.877. The van der Waals surface area contributed by atoms with Gasteiger partial charge in [-0.15, -0.1) is 0 Å². The zero-order valence-corrected chi connectivity index (χ0v) is 13.5. The maximum absolute atomic E-state index is 12.5. The Balaban J connectivity index is 2.13. The van der Waals surface area contributed by atoms with Crippen molar-refractivity contribution in [3.05, 3.63) is 49.8 Å². The molecular formula is C16H19BrN2O. The highest BCUT2D eigenvalue weighted by atomic mass is 79.9. The largest absolute Gasteiger partial charge is 0.294 e. The molecule has 4 heteroatoms. The van der Waals surface area contributed by atoms with Crippen molar-refractivity contribution in [2.75, 3.05) is 0 Å². The van der Waals surface area contributed by atoms with Crippen molar-refractivity contribution < 1.29 is 0 Å². The molecule has 0 atom stereocenters. The molecule has 1 saturated carbocycles. The Labute approximate surface area is 127 Å². The highest BCUT2D eigenvalue weighted by Crippen LogP contribution is 2.35. The molecule has 1 aliphatic carbocycles. The van der Waals surface area contributed by atoms with E-state index in [1.54, 1.807) is 4.68 Å². The first-order valence-electron chi connectivity index (χ1n) is 7.16. The molecule has 2 aromatic rings. The molecule has 1 aromatic carbocycles. The number of aromatic nitrogens is 2. The maximum Gasteiger partial charge on any atom is 0.285 e. The summed E-state index contributed by atoms with van der Waals surface area (Å²) < 4.78 is 2.38. The van der Waals surface area contributed by atoms with Crippen molar-refractivity contribution in [2.24, 2.45) is 0 Å². The lowest BCUT2D eigenvalue weighted by molar-refractivity contribution is 0.674.